The summed E-state index contributed by atoms with van der Waals surface area (Å²) in [5.41, 5.74) is 1.99. The molecule has 5 rings (SSSR count). The smallest absolute Gasteiger partial charge is 0.264 e. The highest BCUT2D eigenvalue weighted by molar-refractivity contribution is 5.73. The van der Waals surface area contributed by atoms with Crippen LogP contribution in [0.5, 0.6) is 0 Å². The minimum atomic E-state index is 0.0227. The van der Waals surface area contributed by atoms with E-state index in [0.29, 0.717) is 30.7 Å². The molecule has 4 heterocycles. The average Bonchev–Trinajstić information content (AvgIpc) is 3.32. The number of aromatic nitrogens is 4. The molecule has 134 valence electrons. The highest BCUT2D eigenvalue weighted by atomic mass is 16.5. The van der Waals surface area contributed by atoms with Gasteiger partial charge in [-0.05, 0) is 12.0 Å². The van der Waals surface area contributed by atoms with Crippen molar-refractivity contribution in [3.8, 4) is 0 Å². The molecule has 2 aromatic heterocycles. The normalized spacial score (nSPS) is 20.5. The minimum Gasteiger partial charge on any atom is -0.379 e. The molecule has 7 nitrogen and oxygen atoms in total. The maximum atomic E-state index is 12.9. The van der Waals surface area contributed by atoms with Gasteiger partial charge in [0.2, 0.25) is 0 Å². The number of nitrogens with zero attached hydrogens (tertiary/aromatic N) is 5. The van der Waals surface area contributed by atoms with Gasteiger partial charge < -0.3 is 4.74 Å². The lowest BCUT2D eigenvalue weighted by molar-refractivity contribution is 0.185. The Kier molecular flexibility index (Phi) is 3.83. The number of benzene rings is 1. The molecule has 3 aromatic rings. The van der Waals surface area contributed by atoms with Crippen molar-refractivity contribution in [2.45, 2.75) is 32.1 Å². The standard InChI is InChI=1S/C19H21N5O2/c25-19-16-10-20-24(15-6-9-26-13-15)18(16)21-17-12-22(7-8-23(17)19)11-14-4-2-1-3-5-14/h1-5,10,15H,6-9,11-13H2. The summed E-state index contributed by atoms with van der Waals surface area (Å²) >= 11 is 0. The van der Waals surface area contributed by atoms with Crippen LogP contribution in [0.15, 0.2) is 41.3 Å². The predicted molar refractivity (Wildman–Crippen MR) is 96.8 cm³/mol. The summed E-state index contributed by atoms with van der Waals surface area (Å²) in [4.78, 5) is 20.1. The molecular weight excluding hydrogens is 330 g/mol. The first-order valence-corrected chi connectivity index (χ1v) is 9.10. The van der Waals surface area contributed by atoms with Gasteiger partial charge in [-0.25, -0.2) is 9.67 Å². The highest BCUT2D eigenvalue weighted by Crippen LogP contribution is 2.22. The van der Waals surface area contributed by atoms with Crippen LogP contribution in [0, 0.1) is 0 Å². The Hall–Kier alpha value is -2.51. The molecule has 7 heteroatoms. The Morgan fingerprint density at radius 1 is 1.19 bits per heavy atom. The maximum absolute atomic E-state index is 12.9. The molecule has 26 heavy (non-hydrogen) atoms. The molecule has 1 unspecified atom stereocenters. The molecule has 1 fully saturated rings. The molecule has 1 atom stereocenters. The van der Waals surface area contributed by atoms with Crippen molar-refractivity contribution >= 4 is 11.0 Å². The van der Waals surface area contributed by atoms with E-state index >= 15 is 0 Å². The largest absolute Gasteiger partial charge is 0.379 e. The summed E-state index contributed by atoms with van der Waals surface area (Å²) in [5.74, 6) is 0.824. The molecule has 1 aromatic carbocycles. The number of rotatable bonds is 3. The zero-order valence-electron chi connectivity index (χ0n) is 14.5. The zero-order valence-corrected chi connectivity index (χ0v) is 14.5. The Morgan fingerprint density at radius 3 is 2.88 bits per heavy atom. The van der Waals surface area contributed by atoms with E-state index in [9.17, 15) is 4.79 Å². The van der Waals surface area contributed by atoms with Crippen LogP contribution in [0.3, 0.4) is 0 Å². The van der Waals surface area contributed by atoms with E-state index in [2.05, 4.69) is 34.3 Å². The van der Waals surface area contributed by atoms with E-state index < -0.39 is 0 Å². The third-order valence-electron chi connectivity index (χ3n) is 5.30. The third kappa shape index (κ3) is 2.64. The predicted octanol–water partition coefficient (Wildman–Crippen LogP) is 1.57. The fourth-order valence-electron chi connectivity index (χ4n) is 3.89. The van der Waals surface area contributed by atoms with Crippen molar-refractivity contribution in [2.24, 2.45) is 0 Å². The lowest BCUT2D eigenvalue weighted by Gasteiger charge is -2.29. The zero-order chi connectivity index (χ0) is 17.5. The summed E-state index contributed by atoms with van der Waals surface area (Å²) < 4.78 is 9.16. The molecule has 0 aliphatic carbocycles. The van der Waals surface area contributed by atoms with E-state index in [1.807, 2.05) is 10.7 Å². The third-order valence-corrected chi connectivity index (χ3v) is 5.30. The van der Waals surface area contributed by atoms with E-state index in [-0.39, 0.29) is 11.6 Å². The first kappa shape index (κ1) is 15.7. The van der Waals surface area contributed by atoms with Gasteiger partial charge in [0.25, 0.3) is 5.56 Å². The summed E-state index contributed by atoms with van der Waals surface area (Å²) in [7, 11) is 0. The van der Waals surface area contributed by atoms with Crippen molar-refractivity contribution in [1.29, 1.82) is 0 Å². The van der Waals surface area contributed by atoms with Crippen LogP contribution in [0.25, 0.3) is 11.0 Å². The van der Waals surface area contributed by atoms with Gasteiger partial charge in [0.15, 0.2) is 5.65 Å². The SMILES string of the molecule is O=c1c2cnn(C3CCOC3)c2nc2n1CCN(Cc1ccccc1)C2. The summed E-state index contributed by atoms with van der Waals surface area (Å²) in [6, 6.07) is 10.6. The fourth-order valence-corrected chi connectivity index (χ4v) is 3.89. The second-order valence-electron chi connectivity index (χ2n) is 7.02. The number of hydrogen-bond donors (Lipinski definition) is 0. The van der Waals surface area contributed by atoms with E-state index in [0.717, 1.165) is 31.9 Å². The highest BCUT2D eigenvalue weighted by Gasteiger charge is 2.25. The Balaban J connectivity index is 1.49. The van der Waals surface area contributed by atoms with Gasteiger partial charge in [-0.3, -0.25) is 14.3 Å². The molecule has 1 saturated heterocycles. The minimum absolute atomic E-state index is 0.0227. The van der Waals surface area contributed by atoms with Gasteiger partial charge in [-0.2, -0.15) is 5.10 Å². The molecule has 0 saturated carbocycles. The second-order valence-corrected chi connectivity index (χ2v) is 7.02. The molecule has 0 bridgehead atoms. The topological polar surface area (TPSA) is 65.2 Å². The summed E-state index contributed by atoms with van der Waals surface area (Å²) in [5, 5.41) is 5.05. The van der Waals surface area contributed by atoms with Gasteiger partial charge >= 0.3 is 0 Å². The van der Waals surface area contributed by atoms with Crippen LogP contribution in [-0.2, 0) is 24.4 Å². The molecule has 0 radical (unpaired) electrons. The molecule has 0 spiro atoms. The van der Waals surface area contributed by atoms with Gasteiger partial charge in [0.1, 0.15) is 11.2 Å². The summed E-state index contributed by atoms with van der Waals surface area (Å²) in [6.07, 6.45) is 2.57. The van der Waals surface area contributed by atoms with Crippen LogP contribution in [0.1, 0.15) is 23.9 Å². The summed E-state index contributed by atoms with van der Waals surface area (Å²) in [6.45, 7) is 4.43. The Morgan fingerprint density at radius 2 is 2.08 bits per heavy atom. The fraction of sp³-hybridized carbons (Fsp3) is 0.421. The van der Waals surface area contributed by atoms with Crippen LogP contribution < -0.4 is 5.56 Å². The Labute approximate surface area is 150 Å². The van der Waals surface area contributed by atoms with Gasteiger partial charge in [-0.15, -0.1) is 0 Å². The van der Waals surface area contributed by atoms with Crippen molar-refractivity contribution < 1.29 is 4.74 Å². The molecule has 2 aliphatic heterocycles. The molecular formula is C19H21N5O2. The van der Waals surface area contributed by atoms with Crippen molar-refractivity contribution in [3.05, 3.63) is 58.3 Å². The van der Waals surface area contributed by atoms with Crippen LogP contribution in [0.2, 0.25) is 0 Å². The number of ether oxygens (including phenoxy) is 1. The Bertz CT molecular complexity index is 988. The molecule has 2 aliphatic rings. The molecule has 0 N–H and O–H groups in total. The average molecular weight is 351 g/mol. The van der Waals surface area contributed by atoms with Gasteiger partial charge in [-0.1, -0.05) is 30.3 Å². The van der Waals surface area contributed by atoms with Crippen molar-refractivity contribution in [3.63, 3.8) is 0 Å². The molecule has 0 amide bonds. The number of hydrogen-bond acceptors (Lipinski definition) is 5. The first-order chi connectivity index (χ1) is 12.8. The van der Waals surface area contributed by atoms with E-state index in [1.165, 1.54) is 5.56 Å². The quantitative estimate of drug-likeness (QED) is 0.717. The van der Waals surface area contributed by atoms with Gasteiger partial charge in [0, 0.05) is 26.2 Å². The van der Waals surface area contributed by atoms with E-state index in [4.69, 9.17) is 9.72 Å². The monoisotopic (exact) mass is 351 g/mol. The van der Waals surface area contributed by atoms with E-state index in [1.54, 1.807) is 10.8 Å². The maximum Gasteiger partial charge on any atom is 0.264 e. The van der Waals surface area contributed by atoms with Gasteiger partial charge in [0.05, 0.1) is 25.4 Å². The van der Waals surface area contributed by atoms with Crippen LogP contribution in [0.4, 0.5) is 0 Å². The van der Waals surface area contributed by atoms with Crippen molar-refractivity contribution in [1.82, 2.24) is 24.2 Å². The van der Waals surface area contributed by atoms with Crippen molar-refractivity contribution in [2.75, 3.05) is 19.8 Å². The second kappa shape index (κ2) is 6.34. The van der Waals surface area contributed by atoms with Crippen LogP contribution in [-0.4, -0.2) is 44.0 Å². The first-order valence-electron chi connectivity index (χ1n) is 9.10. The lowest BCUT2D eigenvalue weighted by atomic mass is 10.2. The number of fused-ring (bicyclic) bond motifs is 2. The van der Waals surface area contributed by atoms with Crippen LogP contribution >= 0.6 is 0 Å². The lowest BCUT2D eigenvalue weighted by Crippen LogP contribution is -2.39.